The number of anilines is 1. The van der Waals surface area contributed by atoms with Crippen LogP contribution in [0.25, 0.3) is 11.3 Å². The van der Waals surface area contributed by atoms with Crippen LogP contribution in [0.15, 0.2) is 48.7 Å². The van der Waals surface area contributed by atoms with Crippen LogP contribution in [0.2, 0.25) is 0 Å². The van der Waals surface area contributed by atoms with Gasteiger partial charge in [0.05, 0.1) is 43.8 Å². The van der Waals surface area contributed by atoms with Gasteiger partial charge in [0.1, 0.15) is 36.1 Å². The largest absolute Gasteiger partial charge is 0.495 e. The van der Waals surface area contributed by atoms with E-state index in [9.17, 15) is 10.1 Å². The topological polar surface area (TPSA) is 121 Å². The number of morpholine rings is 1. The average Bonchev–Trinajstić information content (AvgIpc) is 3.46. The van der Waals surface area contributed by atoms with Crippen LogP contribution in [0.5, 0.6) is 11.5 Å². The van der Waals surface area contributed by atoms with Crippen LogP contribution in [0, 0.1) is 11.3 Å². The molecule has 0 aliphatic carbocycles. The van der Waals surface area contributed by atoms with Gasteiger partial charge in [-0.15, -0.1) is 0 Å². The molecule has 0 radical (unpaired) electrons. The first-order valence-corrected chi connectivity index (χ1v) is 13.0. The second-order valence-electron chi connectivity index (χ2n) is 9.49. The quantitative estimate of drug-likeness (QED) is 0.469. The molecule has 2 fully saturated rings. The zero-order valence-electron chi connectivity index (χ0n) is 21.9. The van der Waals surface area contributed by atoms with E-state index in [1.807, 2.05) is 18.2 Å². The molecule has 1 aromatic heterocycles. The van der Waals surface area contributed by atoms with Gasteiger partial charge in [-0.3, -0.25) is 4.79 Å². The normalized spacial score (nSPS) is 17.1. The molecule has 3 aromatic rings. The maximum atomic E-state index is 11.7. The van der Waals surface area contributed by atoms with Crippen LogP contribution in [0.1, 0.15) is 23.4 Å². The van der Waals surface area contributed by atoms with E-state index in [-0.39, 0.29) is 12.0 Å². The van der Waals surface area contributed by atoms with Crippen molar-refractivity contribution in [3.05, 3.63) is 65.6 Å². The highest BCUT2D eigenvalue weighted by Crippen LogP contribution is 2.31. The molecule has 5 rings (SSSR count). The number of hydrogen-bond donors (Lipinski definition) is 1. The summed E-state index contributed by atoms with van der Waals surface area (Å²) in [6.07, 6.45) is 2.67. The van der Waals surface area contributed by atoms with E-state index in [0.29, 0.717) is 62.0 Å². The van der Waals surface area contributed by atoms with E-state index < -0.39 is 6.61 Å². The molecule has 10 heteroatoms. The molecular formula is C29H31N5O5. The number of methoxy groups -OCH3 is 1. The van der Waals surface area contributed by atoms with Gasteiger partial charge in [-0.2, -0.15) is 5.26 Å². The standard InChI is InChI=1S/C29H31N5O5/c1-37-27-14-20(2-4-25(27)33-10-12-38-13-11-33)15-28-31-8-6-24(32-28)21-3-5-26(22(16-21)17-30)39-23-7-9-34(18-23)29(36)19-35/h2-6,8,14,16,23,35H,7,9-13,15,18-19H2,1H3. The number of likely N-dealkylation sites (tertiary alicyclic amines) is 1. The summed E-state index contributed by atoms with van der Waals surface area (Å²) in [6.45, 7) is 3.47. The number of nitriles is 1. The van der Waals surface area contributed by atoms with E-state index in [2.05, 4.69) is 28.1 Å². The van der Waals surface area contributed by atoms with E-state index in [4.69, 9.17) is 24.3 Å². The number of ether oxygens (including phenoxy) is 3. The molecule has 1 atom stereocenters. The maximum absolute atomic E-state index is 11.7. The predicted molar refractivity (Wildman–Crippen MR) is 144 cm³/mol. The Morgan fingerprint density at radius 1 is 1.15 bits per heavy atom. The number of amides is 1. The highest BCUT2D eigenvalue weighted by Gasteiger charge is 2.27. The maximum Gasteiger partial charge on any atom is 0.248 e. The summed E-state index contributed by atoms with van der Waals surface area (Å²) < 4.78 is 17.2. The first-order valence-electron chi connectivity index (χ1n) is 13.0. The number of nitrogens with zero attached hydrogens (tertiary/aromatic N) is 5. The molecule has 0 spiro atoms. The Balaban J connectivity index is 1.30. The van der Waals surface area contributed by atoms with Gasteiger partial charge in [-0.05, 0) is 42.0 Å². The minimum absolute atomic E-state index is 0.226. The minimum Gasteiger partial charge on any atom is -0.495 e. The first-order chi connectivity index (χ1) is 19.1. The Bertz CT molecular complexity index is 1370. The van der Waals surface area contributed by atoms with Crippen LogP contribution in [-0.2, 0) is 16.0 Å². The van der Waals surface area contributed by atoms with E-state index >= 15 is 0 Å². The fourth-order valence-electron chi connectivity index (χ4n) is 4.94. The Morgan fingerprint density at radius 3 is 2.77 bits per heavy atom. The van der Waals surface area contributed by atoms with E-state index in [1.54, 1.807) is 30.3 Å². The molecule has 2 aliphatic rings. The molecule has 0 saturated carbocycles. The molecule has 2 saturated heterocycles. The summed E-state index contributed by atoms with van der Waals surface area (Å²) in [6, 6.07) is 15.6. The van der Waals surface area contributed by atoms with Crippen molar-refractivity contribution in [1.82, 2.24) is 14.9 Å². The first kappa shape index (κ1) is 26.4. The fraction of sp³-hybridized carbons (Fsp3) is 0.379. The summed E-state index contributed by atoms with van der Waals surface area (Å²) in [5.41, 5.74) is 3.97. The summed E-state index contributed by atoms with van der Waals surface area (Å²) in [7, 11) is 1.68. The number of carbonyl (C=O) groups is 1. The minimum atomic E-state index is -0.515. The highest BCUT2D eigenvalue weighted by atomic mass is 16.5. The third-order valence-electron chi connectivity index (χ3n) is 6.99. The smallest absolute Gasteiger partial charge is 0.248 e. The molecule has 3 heterocycles. The number of rotatable bonds is 8. The number of hydrogen-bond acceptors (Lipinski definition) is 9. The van der Waals surface area contributed by atoms with Crippen LogP contribution in [0.4, 0.5) is 5.69 Å². The van der Waals surface area contributed by atoms with Gasteiger partial charge in [0.2, 0.25) is 5.91 Å². The Labute approximate surface area is 227 Å². The Morgan fingerprint density at radius 2 is 2.00 bits per heavy atom. The van der Waals surface area contributed by atoms with Crippen molar-refractivity contribution >= 4 is 11.6 Å². The van der Waals surface area contributed by atoms with Crippen molar-refractivity contribution in [1.29, 1.82) is 5.26 Å². The molecule has 1 amide bonds. The Hall–Kier alpha value is -4.20. The van der Waals surface area contributed by atoms with Gasteiger partial charge >= 0.3 is 0 Å². The van der Waals surface area contributed by atoms with Crippen LogP contribution < -0.4 is 14.4 Å². The summed E-state index contributed by atoms with van der Waals surface area (Å²) in [5, 5.41) is 18.9. The van der Waals surface area contributed by atoms with Crippen LogP contribution in [0.3, 0.4) is 0 Å². The molecule has 202 valence electrons. The molecular weight excluding hydrogens is 498 g/mol. The third-order valence-corrected chi connectivity index (χ3v) is 6.99. The van der Waals surface area contributed by atoms with Gasteiger partial charge < -0.3 is 29.1 Å². The predicted octanol–water partition coefficient (Wildman–Crippen LogP) is 2.42. The molecule has 0 bridgehead atoms. The van der Waals surface area contributed by atoms with Crippen LogP contribution in [-0.4, -0.2) is 85.1 Å². The van der Waals surface area contributed by atoms with Gasteiger partial charge in [0.25, 0.3) is 0 Å². The van der Waals surface area contributed by atoms with Crippen molar-refractivity contribution < 1.29 is 24.1 Å². The zero-order valence-corrected chi connectivity index (χ0v) is 21.9. The van der Waals surface area contributed by atoms with Gasteiger partial charge in [0, 0.05) is 44.2 Å². The van der Waals surface area contributed by atoms with Gasteiger partial charge in [-0.1, -0.05) is 6.07 Å². The lowest BCUT2D eigenvalue weighted by molar-refractivity contribution is -0.133. The summed E-state index contributed by atoms with van der Waals surface area (Å²) in [5.74, 6) is 1.62. The summed E-state index contributed by atoms with van der Waals surface area (Å²) in [4.78, 5) is 24.8. The molecule has 1 N–H and O–H groups in total. The SMILES string of the molecule is COc1cc(Cc2nccc(-c3ccc(OC4CCN(C(=O)CO)C4)c(C#N)c3)n2)ccc1N1CCOCC1. The van der Waals surface area contributed by atoms with Gasteiger partial charge in [0.15, 0.2) is 0 Å². The molecule has 2 aliphatic heterocycles. The zero-order chi connectivity index (χ0) is 27.2. The monoisotopic (exact) mass is 529 g/mol. The number of aromatic nitrogens is 2. The van der Waals surface area contributed by atoms with Crippen molar-refractivity contribution in [2.24, 2.45) is 0 Å². The second-order valence-corrected chi connectivity index (χ2v) is 9.49. The van der Waals surface area contributed by atoms with Gasteiger partial charge in [-0.25, -0.2) is 9.97 Å². The van der Waals surface area contributed by atoms with Crippen molar-refractivity contribution in [3.63, 3.8) is 0 Å². The molecule has 10 nitrogen and oxygen atoms in total. The molecule has 39 heavy (non-hydrogen) atoms. The lowest BCUT2D eigenvalue weighted by Crippen LogP contribution is -2.36. The lowest BCUT2D eigenvalue weighted by Gasteiger charge is -2.30. The molecule has 2 aromatic carbocycles. The second kappa shape index (κ2) is 12.1. The van der Waals surface area contributed by atoms with Crippen molar-refractivity contribution in [3.8, 4) is 28.8 Å². The van der Waals surface area contributed by atoms with Crippen LogP contribution >= 0.6 is 0 Å². The average molecular weight is 530 g/mol. The highest BCUT2D eigenvalue weighted by molar-refractivity contribution is 5.77. The number of carbonyl (C=O) groups excluding carboxylic acids is 1. The number of aliphatic hydroxyl groups is 1. The lowest BCUT2D eigenvalue weighted by atomic mass is 10.1. The fourth-order valence-corrected chi connectivity index (χ4v) is 4.94. The van der Waals surface area contributed by atoms with E-state index in [1.165, 1.54) is 0 Å². The summed E-state index contributed by atoms with van der Waals surface area (Å²) >= 11 is 0. The molecule has 1 unspecified atom stereocenters. The Kier molecular flexibility index (Phi) is 8.20. The van der Waals surface area contributed by atoms with Crippen molar-refractivity contribution in [2.45, 2.75) is 18.9 Å². The van der Waals surface area contributed by atoms with E-state index in [0.717, 1.165) is 35.7 Å². The van der Waals surface area contributed by atoms with Crippen molar-refractivity contribution in [2.75, 3.05) is 58.0 Å². The number of benzene rings is 2. The number of aliphatic hydroxyl groups excluding tert-OH is 1. The third kappa shape index (κ3) is 6.11.